The average molecular weight is 578 g/mol. The van der Waals surface area contributed by atoms with Gasteiger partial charge in [0.1, 0.15) is 0 Å². The van der Waals surface area contributed by atoms with Crippen molar-refractivity contribution in [2.75, 3.05) is 0 Å². The quantitative estimate of drug-likeness (QED) is 0.221. The van der Waals surface area contributed by atoms with Crippen LogP contribution in [0.2, 0.25) is 0 Å². The third-order valence-electron chi connectivity index (χ3n) is 7.33. The van der Waals surface area contributed by atoms with Gasteiger partial charge in [-0.15, -0.1) is 0 Å². The smallest absolute Gasteiger partial charge is 0.412 e. The van der Waals surface area contributed by atoms with Crippen LogP contribution in [0.3, 0.4) is 0 Å². The minimum atomic E-state index is 0. The standard InChI is InChI=1S/C32H16N8.H2O.Ti/c1-2-10-18-17(9-1)25-33-26(18)38-28-21-13-5-6-14-22(21)30(35-28)40-32-24-16-8-7-15-23(24)31(36-32)39-29-20-12-4-3-11-19(20)27(34-29)37-25;;/h1-16H;1H2;/q-2;;+2. The van der Waals surface area contributed by atoms with Crippen LogP contribution in [-0.2, 0) is 21.7 Å². The van der Waals surface area contributed by atoms with Gasteiger partial charge in [-0.25, -0.2) is 15.0 Å². The van der Waals surface area contributed by atoms with E-state index in [9.17, 15) is 0 Å². The van der Waals surface area contributed by atoms with Crippen LogP contribution >= 0.6 is 0 Å². The molecule has 0 fully saturated rings. The molecule has 0 saturated carbocycles. The molecule has 0 radical (unpaired) electrons. The molecule has 2 N–H and O–H groups in total. The van der Waals surface area contributed by atoms with E-state index in [0.29, 0.717) is 45.9 Å². The van der Waals surface area contributed by atoms with Crippen molar-refractivity contribution in [1.82, 2.24) is 39.9 Å². The molecule has 0 atom stereocenters. The maximum absolute atomic E-state index is 4.95. The summed E-state index contributed by atoms with van der Waals surface area (Å²) in [5.41, 5.74) is 5.78. The van der Waals surface area contributed by atoms with Gasteiger partial charge in [0.25, 0.3) is 0 Å². The van der Waals surface area contributed by atoms with E-state index in [1.54, 1.807) is 0 Å². The van der Waals surface area contributed by atoms with Gasteiger partial charge in [0, 0.05) is 44.8 Å². The maximum Gasteiger partial charge on any atom is 2.00 e. The summed E-state index contributed by atoms with van der Waals surface area (Å²) in [6, 6.07) is 31.8. The summed E-state index contributed by atoms with van der Waals surface area (Å²) in [5, 5.41) is 3.57. The van der Waals surface area contributed by atoms with Gasteiger partial charge < -0.3 is 30.4 Å². The van der Waals surface area contributed by atoms with Crippen LogP contribution in [-0.4, -0.2) is 35.4 Å². The molecule has 8 bridgehead atoms. The van der Waals surface area contributed by atoms with Crippen molar-refractivity contribution in [3.8, 4) is 45.6 Å². The van der Waals surface area contributed by atoms with Gasteiger partial charge in [-0.3, -0.25) is 0 Å². The van der Waals surface area contributed by atoms with Gasteiger partial charge >= 0.3 is 21.7 Å². The molecular formula is C32H18N8OTi. The van der Waals surface area contributed by atoms with Crippen molar-refractivity contribution < 1.29 is 27.2 Å². The molecule has 0 saturated heterocycles. The molecule has 0 aliphatic carbocycles. The van der Waals surface area contributed by atoms with Crippen LogP contribution < -0.4 is 9.97 Å². The van der Waals surface area contributed by atoms with Crippen LogP contribution in [0.15, 0.2) is 97.1 Å². The summed E-state index contributed by atoms with van der Waals surface area (Å²) < 4.78 is 0. The molecular weight excluding hydrogens is 560 g/mol. The molecule has 4 aromatic carbocycles. The summed E-state index contributed by atoms with van der Waals surface area (Å²) >= 11 is 0. The predicted molar refractivity (Wildman–Crippen MR) is 158 cm³/mol. The molecule has 196 valence electrons. The van der Waals surface area contributed by atoms with Gasteiger partial charge in [-0.05, 0) is 21.5 Å². The Morgan fingerprint density at radius 2 is 0.595 bits per heavy atom. The third kappa shape index (κ3) is 3.79. The third-order valence-corrected chi connectivity index (χ3v) is 7.33. The van der Waals surface area contributed by atoms with Gasteiger partial charge in [0.15, 0.2) is 11.6 Å². The zero-order chi connectivity index (χ0) is 26.2. The Morgan fingerprint density at radius 3 is 0.929 bits per heavy atom. The van der Waals surface area contributed by atoms with E-state index >= 15 is 0 Å². The SMILES string of the molecule is O.[Ti+2].c1ccc2c(c1)-c1nc3nc(nc4[n-]c(nc5[n-]c(nc-2n1)c1ccccc51)c1ccccc41)-c1ccccc1-3. The maximum atomic E-state index is 4.95. The fourth-order valence-corrected chi connectivity index (χ4v) is 5.46. The molecule has 9 nitrogen and oxygen atoms in total. The number of rotatable bonds is 0. The Balaban J connectivity index is 0.00000144. The molecule has 5 heterocycles. The van der Waals surface area contributed by atoms with E-state index in [-0.39, 0.29) is 27.2 Å². The fourth-order valence-electron chi connectivity index (χ4n) is 5.46. The summed E-state index contributed by atoms with van der Waals surface area (Å²) in [5.74, 6) is 2.21. The van der Waals surface area contributed by atoms with E-state index in [1.807, 2.05) is 97.1 Å². The van der Waals surface area contributed by atoms with Gasteiger partial charge in [0.2, 0.25) is 0 Å². The minimum absolute atomic E-state index is 0. The van der Waals surface area contributed by atoms with Crippen molar-refractivity contribution in [2.45, 2.75) is 0 Å². The minimum Gasteiger partial charge on any atom is -0.412 e. The topological polar surface area (TPSA) is 137 Å². The second kappa shape index (κ2) is 9.78. The monoisotopic (exact) mass is 578 g/mol. The second-order valence-electron chi connectivity index (χ2n) is 9.67. The largest absolute Gasteiger partial charge is 2.00 e. The molecule has 0 unspecified atom stereocenters. The molecule has 0 amide bonds. The molecule has 2 aliphatic rings. The van der Waals surface area contributed by atoms with E-state index in [0.717, 1.165) is 43.8 Å². The van der Waals surface area contributed by atoms with Gasteiger partial charge in [-0.1, -0.05) is 97.1 Å². The molecule has 2 aliphatic heterocycles. The summed E-state index contributed by atoms with van der Waals surface area (Å²) in [6.45, 7) is 0. The Kier molecular flexibility index (Phi) is 6.02. The van der Waals surface area contributed by atoms with E-state index in [2.05, 4.69) is 0 Å². The number of aromatic nitrogens is 8. The zero-order valence-corrected chi connectivity index (χ0v) is 23.4. The first-order chi connectivity index (χ1) is 19.8. The van der Waals surface area contributed by atoms with Crippen molar-refractivity contribution in [3.05, 3.63) is 97.1 Å². The molecule has 3 aromatic heterocycles. The molecule has 10 heteroatoms. The molecule has 9 rings (SSSR count). The first-order valence-corrected chi connectivity index (χ1v) is 12.9. The summed E-state index contributed by atoms with van der Waals surface area (Å²) in [7, 11) is 0. The average Bonchev–Trinajstić information content (AvgIpc) is 3.73. The van der Waals surface area contributed by atoms with Crippen molar-refractivity contribution >= 4 is 44.1 Å². The van der Waals surface area contributed by atoms with Gasteiger partial charge in [0.05, 0.1) is 11.6 Å². The number of fused-ring (bicyclic) bond motifs is 20. The Labute approximate surface area is 253 Å². The number of hydrogen-bond donors (Lipinski definition) is 0. The first-order valence-electron chi connectivity index (χ1n) is 12.9. The van der Waals surface area contributed by atoms with Crippen LogP contribution in [0.25, 0.3) is 89.7 Å². The summed E-state index contributed by atoms with van der Waals surface area (Å²) in [4.78, 5) is 39.3. The Hall–Kier alpha value is -5.09. The number of hydrogen-bond acceptors (Lipinski definition) is 6. The zero-order valence-electron chi connectivity index (χ0n) is 21.8. The van der Waals surface area contributed by atoms with Crippen LogP contribution in [0.4, 0.5) is 0 Å². The van der Waals surface area contributed by atoms with Crippen LogP contribution in [0, 0.1) is 0 Å². The van der Waals surface area contributed by atoms with Crippen LogP contribution in [0.1, 0.15) is 0 Å². The predicted octanol–water partition coefficient (Wildman–Crippen LogP) is 5.30. The van der Waals surface area contributed by atoms with Crippen molar-refractivity contribution in [1.29, 1.82) is 0 Å². The van der Waals surface area contributed by atoms with Crippen molar-refractivity contribution in [2.24, 2.45) is 0 Å². The molecule has 0 spiro atoms. The fraction of sp³-hybridized carbons (Fsp3) is 0. The van der Waals surface area contributed by atoms with E-state index in [1.165, 1.54) is 0 Å². The molecule has 7 aromatic rings. The Morgan fingerprint density at radius 1 is 0.333 bits per heavy atom. The normalized spacial score (nSPS) is 11.4. The van der Waals surface area contributed by atoms with E-state index < -0.39 is 0 Å². The number of benzene rings is 4. The summed E-state index contributed by atoms with van der Waals surface area (Å²) in [6.07, 6.45) is 0. The van der Waals surface area contributed by atoms with Crippen molar-refractivity contribution in [3.63, 3.8) is 0 Å². The van der Waals surface area contributed by atoms with E-state index in [4.69, 9.17) is 39.9 Å². The number of nitrogens with zero attached hydrogens (tertiary/aromatic N) is 8. The Bertz CT molecular complexity index is 2200. The first kappa shape index (κ1) is 25.9. The second-order valence-corrected chi connectivity index (χ2v) is 9.67. The van der Waals surface area contributed by atoms with Gasteiger partial charge in [-0.2, -0.15) is 0 Å². The molecule has 42 heavy (non-hydrogen) atoms. The van der Waals surface area contributed by atoms with Crippen LogP contribution in [0.5, 0.6) is 0 Å².